The third kappa shape index (κ3) is 3.39. The van der Waals surface area contributed by atoms with Crippen LogP contribution in [0, 0.1) is 11.3 Å². The van der Waals surface area contributed by atoms with Crippen LogP contribution in [0.1, 0.15) is 5.56 Å². The minimum Gasteiger partial charge on any atom is -0.343 e. The van der Waals surface area contributed by atoms with E-state index in [0.29, 0.717) is 6.54 Å². The Kier molecular flexibility index (Phi) is 3.52. The van der Waals surface area contributed by atoms with Crippen molar-refractivity contribution in [3.63, 3.8) is 0 Å². The molecule has 1 amide bonds. The molecule has 0 saturated heterocycles. The standard InChI is InChI=1S/C10H10N2O/c11-8-10(13)12-7-6-9-4-2-1-3-5-9/h1-5H,6-7H2,(H,12,13). The minimum absolute atomic E-state index is 0.510. The van der Waals surface area contributed by atoms with Crippen molar-refractivity contribution in [2.75, 3.05) is 6.54 Å². The van der Waals surface area contributed by atoms with Crippen LogP contribution in [-0.4, -0.2) is 12.5 Å². The van der Waals surface area contributed by atoms with Crippen molar-refractivity contribution in [1.29, 1.82) is 5.26 Å². The normalized spacial score (nSPS) is 8.85. The molecule has 0 saturated carbocycles. The molecule has 0 aliphatic carbocycles. The van der Waals surface area contributed by atoms with Crippen LogP contribution in [0.15, 0.2) is 30.3 Å². The summed E-state index contributed by atoms with van der Waals surface area (Å²) in [5.74, 6) is -0.573. The molecule has 1 rings (SSSR count). The molecule has 0 heterocycles. The minimum atomic E-state index is -0.573. The van der Waals surface area contributed by atoms with Crippen LogP contribution in [0.2, 0.25) is 0 Å². The Bertz CT molecular complexity index is 313. The molecule has 1 aromatic rings. The second-order valence-electron chi connectivity index (χ2n) is 2.60. The molecule has 13 heavy (non-hydrogen) atoms. The summed E-state index contributed by atoms with van der Waals surface area (Å²) in [5, 5.41) is 10.7. The van der Waals surface area contributed by atoms with Gasteiger partial charge < -0.3 is 5.32 Å². The largest absolute Gasteiger partial charge is 0.343 e. The second kappa shape index (κ2) is 4.94. The smallest absolute Gasteiger partial charge is 0.322 e. The predicted molar refractivity (Wildman–Crippen MR) is 48.8 cm³/mol. The van der Waals surface area contributed by atoms with Crippen molar-refractivity contribution >= 4 is 5.91 Å². The first-order valence-corrected chi connectivity index (χ1v) is 4.05. The SMILES string of the molecule is N#CC(=O)NCCc1ccccc1. The van der Waals surface area contributed by atoms with Gasteiger partial charge in [0, 0.05) is 6.54 Å². The zero-order valence-corrected chi connectivity index (χ0v) is 7.16. The lowest BCUT2D eigenvalue weighted by Gasteiger charge is -2.00. The number of nitrogens with zero attached hydrogens (tertiary/aromatic N) is 1. The molecule has 0 aliphatic rings. The molecule has 0 aromatic heterocycles. The first kappa shape index (κ1) is 9.27. The summed E-state index contributed by atoms with van der Waals surface area (Å²) < 4.78 is 0. The molecule has 0 fully saturated rings. The monoisotopic (exact) mass is 174 g/mol. The molecular weight excluding hydrogens is 164 g/mol. The Labute approximate surface area is 77.0 Å². The third-order valence-corrected chi connectivity index (χ3v) is 1.64. The van der Waals surface area contributed by atoms with Gasteiger partial charge in [0.25, 0.3) is 0 Å². The first-order valence-electron chi connectivity index (χ1n) is 4.05. The van der Waals surface area contributed by atoms with E-state index in [4.69, 9.17) is 5.26 Å². The quantitative estimate of drug-likeness (QED) is 0.691. The number of hydrogen-bond donors (Lipinski definition) is 1. The maximum Gasteiger partial charge on any atom is 0.322 e. The molecule has 0 atom stereocenters. The highest BCUT2D eigenvalue weighted by atomic mass is 16.1. The van der Waals surface area contributed by atoms with Gasteiger partial charge in [0.2, 0.25) is 0 Å². The third-order valence-electron chi connectivity index (χ3n) is 1.64. The molecule has 0 aliphatic heterocycles. The number of carbonyl (C=O) groups excluding carboxylic acids is 1. The van der Waals surface area contributed by atoms with E-state index in [2.05, 4.69) is 5.32 Å². The zero-order chi connectivity index (χ0) is 9.52. The van der Waals surface area contributed by atoms with Crippen LogP contribution < -0.4 is 5.32 Å². The number of rotatable bonds is 3. The van der Waals surface area contributed by atoms with E-state index in [9.17, 15) is 4.79 Å². The summed E-state index contributed by atoms with van der Waals surface area (Å²) in [6.45, 7) is 0.510. The number of amides is 1. The van der Waals surface area contributed by atoms with Crippen molar-refractivity contribution in [3.8, 4) is 6.07 Å². The lowest BCUT2D eigenvalue weighted by Crippen LogP contribution is -2.23. The maximum absolute atomic E-state index is 10.5. The molecule has 3 heteroatoms. The lowest BCUT2D eigenvalue weighted by atomic mass is 10.1. The Balaban J connectivity index is 2.29. The van der Waals surface area contributed by atoms with Crippen molar-refractivity contribution in [2.45, 2.75) is 6.42 Å². The van der Waals surface area contributed by atoms with E-state index in [1.54, 1.807) is 0 Å². The zero-order valence-electron chi connectivity index (χ0n) is 7.16. The first-order chi connectivity index (χ1) is 6.33. The summed E-state index contributed by atoms with van der Waals surface area (Å²) in [4.78, 5) is 10.5. The summed E-state index contributed by atoms with van der Waals surface area (Å²) in [5.41, 5.74) is 1.15. The molecule has 3 nitrogen and oxygen atoms in total. The fraction of sp³-hybridized carbons (Fsp3) is 0.200. The Morgan fingerprint density at radius 1 is 1.38 bits per heavy atom. The molecule has 1 aromatic carbocycles. The summed E-state index contributed by atoms with van der Waals surface area (Å²) in [6, 6.07) is 11.3. The van der Waals surface area contributed by atoms with Gasteiger partial charge in [0.1, 0.15) is 0 Å². The fourth-order valence-corrected chi connectivity index (χ4v) is 1.00. The lowest BCUT2D eigenvalue weighted by molar-refractivity contribution is -0.115. The molecule has 0 bridgehead atoms. The van der Waals surface area contributed by atoms with Gasteiger partial charge in [-0.2, -0.15) is 5.26 Å². The van der Waals surface area contributed by atoms with E-state index in [-0.39, 0.29) is 0 Å². The number of nitriles is 1. The highest BCUT2D eigenvalue weighted by Gasteiger charge is 1.96. The average molecular weight is 174 g/mol. The van der Waals surface area contributed by atoms with Gasteiger partial charge in [-0.3, -0.25) is 4.79 Å². The summed E-state index contributed by atoms with van der Waals surface area (Å²) in [6.07, 6.45) is 0.758. The molecule has 1 N–H and O–H groups in total. The average Bonchev–Trinajstić information content (AvgIpc) is 2.19. The summed E-state index contributed by atoms with van der Waals surface area (Å²) >= 11 is 0. The van der Waals surface area contributed by atoms with E-state index in [0.717, 1.165) is 12.0 Å². The van der Waals surface area contributed by atoms with E-state index >= 15 is 0 Å². The van der Waals surface area contributed by atoms with Crippen LogP contribution >= 0.6 is 0 Å². The van der Waals surface area contributed by atoms with Gasteiger partial charge in [-0.05, 0) is 12.0 Å². The Morgan fingerprint density at radius 3 is 2.69 bits per heavy atom. The Morgan fingerprint density at radius 2 is 2.08 bits per heavy atom. The van der Waals surface area contributed by atoms with Gasteiger partial charge in [-0.1, -0.05) is 30.3 Å². The second-order valence-corrected chi connectivity index (χ2v) is 2.60. The number of nitrogens with one attached hydrogen (secondary N) is 1. The topological polar surface area (TPSA) is 52.9 Å². The Hall–Kier alpha value is -1.82. The molecule has 0 unspecified atom stereocenters. The molecule has 0 spiro atoms. The number of carbonyl (C=O) groups is 1. The molecular formula is C10H10N2O. The van der Waals surface area contributed by atoms with Gasteiger partial charge in [0.15, 0.2) is 6.07 Å². The van der Waals surface area contributed by atoms with Crippen molar-refractivity contribution in [3.05, 3.63) is 35.9 Å². The number of benzene rings is 1. The van der Waals surface area contributed by atoms with E-state index in [1.165, 1.54) is 6.07 Å². The van der Waals surface area contributed by atoms with Crippen molar-refractivity contribution in [1.82, 2.24) is 5.32 Å². The van der Waals surface area contributed by atoms with Gasteiger partial charge >= 0.3 is 5.91 Å². The van der Waals surface area contributed by atoms with E-state index < -0.39 is 5.91 Å². The highest BCUT2D eigenvalue weighted by molar-refractivity contribution is 5.91. The maximum atomic E-state index is 10.5. The van der Waals surface area contributed by atoms with Crippen LogP contribution in [0.4, 0.5) is 0 Å². The van der Waals surface area contributed by atoms with Gasteiger partial charge in [-0.15, -0.1) is 0 Å². The molecule has 66 valence electrons. The van der Waals surface area contributed by atoms with Crippen LogP contribution in [-0.2, 0) is 11.2 Å². The fourth-order valence-electron chi connectivity index (χ4n) is 1.00. The van der Waals surface area contributed by atoms with Crippen molar-refractivity contribution in [2.24, 2.45) is 0 Å². The van der Waals surface area contributed by atoms with Crippen LogP contribution in [0.25, 0.3) is 0 Å². The van der Waals surface area contributed by atoms with Gasteiger partial charge in [0.05, 0.1) is 0 Å². The summed E-state index contributed by atoms with van der Waals surface area (Å²) in [7, 11) is 0. The van der Waals surface area contributed by atoms with Crippen LogP contribution in [0.5, 0.6) is 0 Å². The van der Waals surface area contributed by atoms with Crippen LogP contribution in [0.3, 0.4) is 0 Å². The predicted octanol–water partition coefficient (Wildman–Crippen LogP) is 0.869. The van der Waals surface area contributed by atoms with Crippen molar-refractivity contribution < 1.29 is 4.79 Å². The number of hydrogen-bond acceptors (Lipinski definition) is 2. The van der Waals surface area contributed by atoms with Gasteiger partial charge in [-0.25, -0.2) is 0 Å². The molecule has 0 radical (unpaired) electrons. The highest BCUT2D eigenvalue weighted by Crippen LogP contribution is 1.97. The van der Waals surface area contributed by atoms with E-state index in [1.807, 2.05) is 30.3 Å².